The zero-order valence-electron chi connectivity index (χ0n) is 8.64. The largest absolute Gasteiger partial charge is 0.477 e. The van der Waals surface area contributed by atoms with E-state index in [0.717, 1.165) is 6.07 Å². The van der Waals surface area contributed by atoms with Crippen LogP contribution in [0, 0.1) is 0 Å². The van der Waals surface area contributed by atoms with Crippen LogP contribution < -0.4 is 11.4 Å². The van der Waals surface area contributed by atoms with E-state index in [4.69, 9.17) is 20.4 Å². The van der Waals surface area contributed by atoms with E-state index in [-0.39, 0.29) is 17.9 Å². The first-order chi connectivity index (χ1) is 8.04. The highest BCUT2D eigenvalue weighted by molar-refractivity contribution is 5.96. The number of nitrogens with two attached hydrogens (primary N) is 1. The van der Waals surface area contributed by atoms with E-state index in [1.807, 2.05) is 0 Å². The number of benzene rings is 1. The minimum absolute atomic E-state index is 0.113. The first kappa shape index (κ1) is 11.2. The maximum Gasteiger partial charge on any atom is 0.351 e. The van der Waals surface area contributed by atoms with Crippen molar-refractivity contribution in [1.82, 2.24) is 0 Å². The van der Waals surface area contributed by atoms with Gasteiger partial charge in [-0.2, -0.15) is 0 Å². The summed E-state index contributed by atoms with van der Waals surface area (Å²) < 4.78 is 4.88. The normalized spacial score (nSPS) is 10.6. The topological polar surface area (TPSA) is 114 Å². The molecule has 0 atom stereocenters. The first-order valence-corrected chi connectivity index (χ1v) is 4.74. The summed E-state index contributed by atoms with van der Waals surface area (Å²) in [6, 6.07) is 4.18. The molecule has 0 aliphatic rings. The number of carbonyl (C=O) groups is 1. The van der Waals surface area contributed by atoms with Crippen LogP contribution in [0.3, 0.4) is 0 Å². The van der Waals surface area contributed by atoms with Gasteiger partial charge in [-0.1, -0.05) is 6.07 Å². The average molecular weight is 235 g/mol. The SMILES string of the molecule is Nc1ccc(CO)c2oc(=O)c(C(=O)O)cc12. The smallest absolute Gasteiger partial charge is 0.351 e. The van der Waals surface area contributed by atoms with Crippen LogP contribution in [-0.4, -0.2) is 16.2 Å². The maximum absolute atomic E-state index is 11.4. The Hall–Kier alpha value is -2.34. The van der Waals surface area contributed by atoms with Crippen LogP contribution in [0.5, 0.6) is 0 Å². The number of hydrogen-bond acceptors (Lipinski definition) is 5. The van der Waals surface area contributed by atoms with Crippen molar-refractivity contribution in [3.05, 3.63) is 39.7 Å². The monoisotopic (exact) mass is 235 g/mol. The molecular formula is C11H9NO5. The number of rotatable bonds is 2. The second kappa shape index (κ2) is 3.91. The molecule has 0 saturated carbocycles. The third kappa shape index (κ3) is 1.74. The van der Waals surface area contributed by atoms with E-state index >= 15 is 0 Å². The van der Waals surface area contributed by atoms with Gasteiger partial charge in [-0.05, 0) is 12.1 Å². The predicted molar refractivity (Wildman–Crippen MR) is 59.8 cm³/mol. The quantitative estimate of drug-likeness (QED) is 0.517. The average Bonchev–Trinajstić information content (AvgIpc) is 2.28. The molecule has 2 aromatic rings. The molecule has 0 bridgehead atoms. The van der Waals surface area contributed by atoms with E-state index < -0.39 is 17.2 Å². The minimum atomic E-state index is -1.38. The van der Waals surface area contributed by atoms with Crippen molar-refractivity contribution in [2.24, 2.45) is 0 Å². The number of aliphatic hydroxyl groups is 1. The van der Waals surface area contributed by atoms with Gasteiger partial charge in [0.2, 0.25) is 0 Å². The number of anilines is 1. The molecule has 0 amide bonds. The fourth-order valence-electron chi connectivity index (χ4n) is 1.55. The molecule has 1 heterocycles. The summed E-state index contributed by atoms with van der Waals surface area (Å²) in [5, 5.41) is 18.2. The lowest BCUT2D eigenvalue weighted by atomic mass is 10.1. The molecule has 0 unspecified atom stereocenters. The second-order valence-electron chi connectivity index (χ2n) is 3.47. The minimum Gasteiger partial charge on any atom is -0.477 e. The van der Waals surface area contributed by atoms with Crippen LogP contribution in [-0.2, 0) is 6.61 Å². The molecule has 0 saturated heterocycles. The van der Waals surface area contributed by atoms with Crippen molar-refractivity contribution in [2.45, 2.75) is 6.61 Å². The molecule has 88 valence electrons. The van der Waals surface area contributed by atoms with Crippen LogP contribution in [0.25, 0.3) is 11.0 Å². The van der Waals surface area contributed by atoms with Gasteiger partial charge in [0.1, 0.15) is 11.1 Å². The van der Waals surface area contributed by atoms with E-state index in [2.05, 4.69) is 0 Å². The van der Waals surface area contributed by atoms with Crippen molar-refractivity contribution < 1.29 is 19.4 Å². The number of hydrogen-bond donors (Lipinski definition) is 3. The number of aromatic carboxylic acids is 1. The Morgan fingerprint density at radius 2 is 2.12 bits per heavy atom. The van der Waals surface area contributed by atoms with Gasteiger partial charge in [0.15, 0.2) is 0 Å². The molecule has 0 radical (unpaired) electrons. The van der Waals surface area contributed by atoms with Gasteiger partial charge >= 0.3 is 11.6 Å². The molecular weight excluding hydrogens is 226 g/mol. The summed E-state index contributed by atoms with van der Waals surface area (Å²) in [7, 11) is 0. The number of aliphatic hydroxyl groups excluding tert-OH is 1. The molecule has 0 spiro atoms. The molecule has 0 aliphatic carbocycles. The Morgan fingerprint density at radius 1 is 1.41 bits per heavy atom. The summed E-state index contributed by atoms with van der Waals surface area (Å²) in [5.74, 6) is -1.38. The standard InChI is InChI=1S/C11H9NO5/c12-8-2-1-5(4-13)9-6(8)3-7(10(14)15)11(16)17-9/h1-3,13H,4,12H2,(H,14,15). The second-order valence-corrected chi connectivity index (χ2v) is 3.47. The molecule has 1 aromatic carbocycles. The van der Waals surface area contributed by atoms with Crippen molar-refractivity contribution in [3.8, 4) is 0 Å². The van der Waals surface area contributed by atoms with Crippen LogP contribution >= 0.6 is 0 Å². The molecule has 1 aromatic heterocycles. The fourth-order valence-corrected chi connectivity index (χ4v) is 1.55. The number of carboxylic acid groups (broad SMARTS) is 1. The van der Waals surface area contributed by atoms with Crippen molar-refractivity contribution in [3.63, 3.8) is 0 Å². The maximum atomic E-state index is 11.4. The van der Waals surface area contributed by atoms with E-state index in [1.165, 1.54) is 12.1 Å². The van der Waals surface area contributed by atoms with Crippen molar-refractivity contribution in [1.29, 1.82) is 0 Å². The Labute approximate surface area is 94.9 Å². The number of fused-ring (bicyclic) bond motifs is 1. The number of nitrogen functional groups attached to an aromatic ring is 1. The lowest BCUT2D eigenvalue weighted by molar-refractivity contribution is 0.0692. The number of carboxylic acids is 1. The van der Waals surface area contributed by atoms with E-state index in [9.17, 15) is 9.59 Å². The van der Waals surface area contributed by atoms with Gasteiger partial charge < -0.3 is 20.4 Å². The van der Waals surface area contributed by atoms with Gasteiger partial charge in [-0.15, -0.1) is 0 Å². The Balaban J connectivity index is 2.91. The van der Waals surface area contributed by atoms with Crippen molar-refractivity contribution >= 4 is 22.6 Å². The van der Waals surface area contributed by atoms with E-state index in [0.29, 0.717) is 10.9 Å². The summed E-state index contributed by atoms with van der Waals surface area (Å²) in [6.45, 7) is -0.327. The third-order valence-electron chi connectivity index (χ3n) is 2.42. The summed E-state index contributed by atoms with van der Waals surface area (Å²) in [5.41, 5.74) is 4.98. The molecule has 17 heavy (non-hydrogen) atoms. The Bertz CT molecular complexity index is 659. The van der Waals surface area contributed by atoms with E-state index in [1.54, 1.807) is 0 Å². The third-order valence-corrected chi connectivity index (χ3v) is 2.42. The molecule has 0 fully saturated rings. The highest BCUT2D eigenvalue weighted by atomic mass is 16.4. The molecule has 4 N–H and O–H groups in total. The predicted octanol–water partition coefficient (Wildman–Crippen LogP) is 0.566. The van der Waals surface area contributed by atoms with Crippen LogP contribution in [0.1, 0.15) is 15.9 Å². The van der Waals surface area contributed by atoms with Gasteiger partial charge in [0, 0.05) is 16.6 Å². The van der Waals surface area contributed by atoms with Crippen LogP contribution in [0.2, 0.25) is 0 Å². The summed E-state index contributed by atoms with van der Waals surface area (Å²) in [6.07, 6.45) is 0. The lowest BCUT2D eigenvalue weighted by Gasteiger charge is -2.05. The molecule has 6 nitrogen and oxygen atoms in total. The zero-order chi connectivity index (χ0) is 12.6. The Morgan fingerprint density at radius 3 is 2.71 bits per heavy atom. The molecule has 6 heteroatoms. The first-order valence-electron chi connectivity index (χ1n) is 4.74. The van der Waals surface area contributed by atoms with Gasteiger partial charge in [-0.25, -0.2) is 9.59 Å². The van der Waals surface area contributed by atoms with Gasteiger partial charge in [0.05, 0.1) is 6.61 Å². The molecule has 2 rings (SSSR count). The fraction of sp³-hybridized carbons (Fsp3) is 0.0909. The molecule has 0 aliphatic heterocycles. The highest BCUT2D eigenvalue weighted by Gasteiger charge is 2.15. The summed E-state index contributed by atoms with van der Waals surface area (Å²) >= 11 is 0. The van der Waals surface area contributed by atoms with Crippen LogP contribution in [0.4, 0.5) is 5.69 Å². The lowest BCUT2D eigenvalue weighted by Crippen LogP contribution is -2.13. The van der Waals surface area contributed by atoms with Crippen LogP contribution in [0.15, 0.2) is 27.4 Å². The van der Waals surface area contributed by atoms with Gasteiger partial charge in [0.25, 0.3) is 0 Å². The summed E-state index contributed by atoms with van der Waals surface area (Å²) in [4.78, 5) is 22.2. The van der Waals surface area contributed by atoms with Gasteiger partial charge in [-0.3, -0.25) is 0 Å². The zero-order valence-corrected chi connectivity index (χ0v) is 8.64. The highest BCUT2D eigenvalue weighted by Crippen LogP contribution is 2.24. The van der Waals surface area contributed by atoms with Crippen molar-refractivity contribution in [2.75, 3.05) is 5.73 Å². The Kier molecular flexibility index (Phi) is 2.57.